The van der Waals surface area contributed by atoms with E-state index in [1.165, 1.54) is 30.6 Å². The number of rotatable bonds is 9. The molecule has 96 valence electrons. The maximum absolute atomic E-state index is 9.85. The lowest BCUT2D eigenvalue weighted by Gasteiger charge is -2.09. The van der Waals surface area contributed by atoms with Crippen molar-refractivity contribution in [3.63, 3.8) is 0 Å². The fraction of sp³-hybridized carbons (Fsp3) is 0.600. The second-order valence-electron chi connectivity index (χ2n) is 4.48. The van der Waals surface area contributed by atoms with Gasteiger partial charge in [-0.25, -0.2) is 0 Å². The minimum atomic E-state index is -0.151. The van der Waals surface area contributed by atoms with E-state index in [4.69, 9.17) is 0 Å². The Labute approximate surface area is 110 Å². The molecule has 1 aromatic rings. The van der Waals surface area contributed by atoms with E-state index in [-0.39, 0.29) is 6.10 Å². The molecule has 0 aliphatic rings. The summed E-state index contributed by atoms with van der Waals surface area (Å²) in [5, 5.41) is 9.85. The van der Waals surface area contributed by atoms with Crippen molar-refractivity contribution in [3.8, 4) is 0 Å². The number of hydrogen-bond acceptors (Lipinski definition) is 2. The van der Waals surface area contributed by atoms with Crippen molar-refractivity contribution in [1.82, 2.24) is 0 Å². The first-order valence-electron chi connectivity index (χ1n) is 6.69. The molecule has 0 spiro atoms. The smallest absolute Gasteiger partial charge is 0.0634 e. The molecule has 0 aliphatic carbocycles. The Bertz CT molecular complexity index is 274. The van der Waals surface area contributed by atoms with Crippen LogP contribution in [0.25, 0.3) is 0 Å². The predicted molar refractivity (Wildman–Crippen MR) is 76.5 cm³/mol. The minimum absolute atomic E-state index is 0.151. The lowest BCUT2D eigenvalue weighted by Crippen LogP contribution is -2.09. The molecule has 0 heterocycles. The Morgan fingerprint density at radius 1 is 1.06 bits per heavy atom. The first-order valence-corrected chi connectivity index (χ1v) is 7.67. The summed E-state index contributed by atoms with van der Waals surface area (Å²) in [6.07, 6.45) is 7.15. The van der Waals surface area contributed by atoms with E-state index in [2.05, 4.69) is 19.1 Å². The van der Waals surface area contributed by atoms with Gasteiger partial charge in [0.2, 0.25) is 0 Å². The number of aliphatic hydroxyl groups is 1. The average molecular weight is 252 g/mol. The molecular weight excluding hydrogens is 228 g/mol. The highest BCUT2D eigenvalue weighted by atomic mass is 32.2. The SMILES string of the molecule is CCCCCCCC(O)CSc1ccccc1. The molecule has 0 saturated carbocycles. The van der Waals surface area contributed by atoms with Gasteiger partial charge in [-0.2, -0.15) is 0 Å². The molecule has 0 amide bonds. The van der Waals surface area contributed by atoms with E-state index in [1.807, 2.05) is 18.2 Å². The van der Waals surface area contributed by atoms with Crippen molar-refractivity contribution in [3.05, 3.63) is 30.3 Å². The number of thioether (sulfide) groups is 1. The molecule has 2 heteroatoms. The molecule has 0 fully saturated rings. The van der Waals surface area contributed by atoms with Crippen LogP contribution in [-0.2, 0) is 0 Å². The topological polar surface area (TPSA) is 20.2 Å². The Hall–Kier alpha value is -0.470. The van der Waals surface area contributed by atoms with Crippen molar-refractivity contribution in [2.75, 3.05) is 5.75 Å². The molecule has 0 saturated heterocycles. The second kappa shape index (κ2) is 9.55. The first kappa shape index (κ1) is 14.6. The molecule has 0 aliphatic heterocycles. The van der Waals surface area contributed by atoms with Gasteiger partial charge in [-0.1, -0.05) is 57.2 Å². The van der Waals surface area contributed by atoms with Crippen LogP contribution >= 0.6 is 11.8 Å². The van der Waals surface area contributed by atoms with Crippen LogP contribution in [0.1, 0.15) is 45.4 Å². The van der Waals surface area contributed by atoms with Gasteiger partial charge in [0.25, 0.3) is 0 Å². The van der Waals surface area contributed by atoms with Crippen LogP contribution in [0.2, 0.25) is 0 Å². The lowest BCUT2D eigenvalue weighted by atomic mass is 10.1. The van der Waals surface area contributed by atoms with Gasteiger partial charge in [-0.15, -0.1) is 11.8 Å². The fourth-order valence-corrected chi connectivity index (χ4v) is 2.68. The van der Waals surface area contributed by atoms with E-state index < -0.39 is 0 Å². The number of unbranched alkanes of at least 4 members (excludes halogenated alkanes) is 4. The molecule has 1 rings (SSSR count). The van der Waals surface area contributed by atoms with E-state index >= 15 is 0 Å². The van der Waals surface area contributed by atoms with Gasteiger partial charge >= 0.3 is 0 Å². The molecule has 1 nitrogen and oxygen atoms in total. The van der Waals surface area contributed by atoms with Gasteiger partial charge < -0.3 is 5.11 Å². The van der Waals surface area contributed by atoms with Crippen molar-refractivity contribution >= 4 is 11.8 Å². The molecule has 0 radical (unpaired) electrons. The highest BCUT2D eigenvalue weighted by molar-refractivity contribution is 7.99. The summed E-state index contributed by atoms with van der Waals surface area (Å²) < 4.78 is 0. The van der Waals surface area contributed by atoms with Gasteiger partial charge in [0, 0.05) is 10.6 Å². The van der Waals surface area contributed by atoms with Gasteiger partial charge in [-0.3, -0.25) is 0 Å². The molecule has 0 aromatic heterocycles. The summed E-state index contributed by atoms with van der Waals surface area (Å²) in [6, 6.07) is 10.3. The third-order valence-electron chi connectivity index (χ3n) is 2.83. The number of hydrogen-bond donors (Lipinski definition) is 1. The maximum Gasteiger partial charge on any atom is 0.0634 e. The van der Waals surface area contributed by atoms with Gasteiger partial charge in [0.05, 0.1) is 6.10 Å². The predicted octanol–water partition coefficient (Wildman–Crippen LogP) is 4.50. The van der Waals surface area contributed by atoms with Crippen LogP contribution in [0.15, 0.2) is 35.2 Å². The summed E-state index contributed by atoms with van der Waals surface area (Å²) in [5.74, 6) is 0.817. The molecule has 1 atom stereocenters. The molecular formula is C15H24OS. The maximum atomic E-state index is 9.85. The van der Waals surface area contributed by atoms with Crippen LogP contribution in [0, 0.1) is 0 Å². The van der Waals surface area contributed by atoms with Gasteiger partial charge in [0.15, 0.2) is 0 Å². The number of aliphatic hydroxyl groups excluding tert-OH is 1. The first-order chi connectivity index (χ1) is 8.33. The molecule has 1 N–H and O–H groups in total. The van der Waals surface area contributed by atoms with Crippen LogP contribution < -0.4 is 0 Å². The Morgan fingerprint density at radius 3 is 2.47 bits per heavy atom. The van der Waals surface area contributed by atoms with Gasteiger partial charge in [-0.05, 0) is 18.6 Å². The summed E-state index contributed by atoms with van der Waals surface area (Å²) >= 11 is 1.75. The quantitative estimate of drug-likeness (QED) is 0.516. The van der Waals surface area contributed by atoms with Crippen LogP contribution in [0.5, 0.6) is 0 Å². The summed E-state index contributed by atoms with van der Waals surface area (Å²) in [5.41, 5.74) is 0. The lowest BCUT2D eigenvalue weighted by molar-refractivity contribution is 0.185. The van der Waals surface area contributed by atoms with E-state index in [0.717, 1.165) is 18.6 Å². The van der Waals surface area contributed by atoms with Crippen LogP contribution in [-0.4, -0.2) is 17.0 Å². The normalized spacial score (nSPS) is 12.6. The Morgan fingerprint density at radius 2 is 1.76 bits per heavy atom. The number of benzene rings is 1. The van der Waals surface area contributed by atoms with Crippen molar-refractivity contribution in [2.24, 2.45) is 0 Å². The second-order valence-corrected chi connectivity index (χ2v) is 5.57. The van der Waals surface area contributed by atoms with Crippen LogP contribution in [0.3, 0.4) is 0 Å². The Balaban J connectivity index is 2.03. The van der Waals surface area contributed by atoms with Crippen molar-refractivity contribution < 1.29 is 5.11 Å². The van der Waals surface area contributed by atoms with Gasteiger partial charge in [0.1, 0.15) is 0 Å². The summed E-state index contributed by atoms with van der Waals surface area (Å²) in [4.78, 5) is 1.25. The molecule has 17 heavy (non-hydrogen) atoms. The molecule has 1 aromatic carbocycles. The van der Waals surface area contributed by atoms with Crippen molar-refractivity contribution in [1.29, 1.82) is 0 Å². The molecule has 1 unspecified atom stereocenters. The zero-order valence-corrected chi connectivity index (χ0v) is 11.6. The fourth-order valence-electron chi connectivity index (χ4n) is 1.78. The highest BCUT2D eigenvalue weighted by Gasteiger charge is 2.04. The highest BCUT2D eigenvalue weighted by Crippen LogP contribution is 2.19. The largest absolute Gasteiger partial charge is 0.392 e. The minimum Gasteiger partial charge on any atom is -0.392 e. The molecule has 0 bridgehead atoms. The zero-order chi connectivity index (χ0) is 12.3. The zero-order valence-electron chi connectivity index (χ0n) is 10.8. The summed E-state index contributed by atoms with van der Waals surface area (Å²) in [6.45, 7) is 2.23. The van der Waals surface area contributed by atoms with E-state index in [9.17, 15) is 5.11 Å². The van der Waals surface area contributed by atoms with E-state index in [0.29, 0.717) is 0 Å². The standard InChI is InChI=1S/C15H24OS/c1-2-3-4-5-7-10-14(16)13-17-15-11-8-6-9-12-15/h6,8-9,11-12,14,16H,2-5,7,10,13H2,1H3. The third kappa shape index (κ3) is 7.45. The Kier molecular flexibility index (Phi) is 8.20. The third-order valence-corrected chi connectivity index (χ3v) is 3.98. The van der Waals surface area contributed by atoms with E-state index in [1.54, 1.807) is 11.8 Å². The monoisotopic (exact) mass is 252 g/mol. The average Bonchev–Trinajstić information content (AvgIpc) is 2.37. The van der Waals surface area contributed by atoms with Crippen molar-refractivity contribution in [2.45, 2.75) is 56.4 Å². The summed E-state index contributed by atoms with van der Waals surface area (Å²) in [7, 11) is 0. The van der Waals surface area contributed by atoms with Crippen LogP contribution in [0.4, 0.5) is 0 Å².